The summed E-state index contributed by atoms with van der Waals surface area (Å²) < 4.78 is 13.0. The number of halogens is 1. The number of nitrogens with zero attached hydrogens (tertiary/aromatic N) is 2. The summed E-state index contributed by atoms with van der Waals surface area (Å²) in [6, 6.07) is 14.7. The van der Waals surface area contributed by atoms with E-state index in [1.807, 2.05) is 12.1 Å². The molecule has 1 fully saturated rings. The molecule has 0 bridgehead atoms. The smallest absolute Gasteiger partial charge is 0.238 e. The van der Waals surface area contributed by atoms with Gasteiger partial charge in [-0.05, 0) is 54.3 Å². The van der Waals surface area contributed by atoms with Crippen molar-refractivity contribution in [3.63, 3.8) is 0 Å². The Kier molecular flexibility index (Phi) is 6.45. The van der Waals surface area contributed by atoms with E-state index in [1.54, 1.807) is 12.1 Å². The fraction of sp³-hybridized carbons (Fsp3) is 0.409. The van der Waals surface area contributed by atoms with Gasteiger partial charge in [0.15, 0.2) is 0 Å². The van der Waals surface area contributed by atoms with Crippen molar-refractivity contribution in [2.75, 3.05) is 42.9 Å². The Bertz CT molecular complexity index is 737. The van der Waals surface area contributed by atoms with Gasteiger partial charge in [0.2, 0.25) is 5.91 Å². The molecule has 1 aliphatic heterocycles. The molecule has 3 rings (SSSR count). The number of carbonyl (C=O) groups excluding carboxylic acids is 1. The van der Waals surface area contributed by atoms with E-state index < -0.39 is 0 Å². The van der Waals surface area contributed by atoms with Crippen molar-refractivity contribution in [3.8, 4) is 0 Å². The lowest BCUT2D eigenvalue weighted by molar-refractivity contribution is -0.117. The van der Waals surface area contributed by atoms with Crippen LogP contribution in [0.2, 0.25) is 0 Å². The molecule has 0 saturated carbocycles. The number of piperazine rings is 1. The Balaban J connectivity index is 1.46. The van der Waals surface area contributed by atoms with Crippen molar-refractivity contribution in [2.45, 2.75) is 26.2 Å². The first-order chi connectivity index (χ1) is 13.0. The number of hydrogen-bond acceptors (Lipinski definition) is 3. The first kappa shape index (κ1) is 19.4. The molecule has 0 spiro atoms. The fourth-order valence-corrected chi connectivity index (χ4v) is 3.35. The molecule has 0 aromatic heterocycles. The van der Waals surface area contributed by atoms with E-state index in [2.05, 4.69) is 41.1 Å². The van der Waals surface area contributed by atoms with Crippen LogP contribution in [0.3, 0.4) is 0 Å². The van der Waals surface area contributed by atoms with E-state index in [-0.39, 0.29) is 11.7 Å². The van der Waals surface area contributed by atoms with Gasteiger partial charge in [0.05, 0.1) is 6.54 Å². The molecule has 0 aliphatic carbocycles. The molecule has 4 nitrogen and oxygen atoms in total. The maximum atomic E-state index is 13.0. The second-order valence-corrected chi connectivity index (χ2v) is 7.22. The van der Waals surface area contributed by atoms with Crippen LogP contribution in [0.25, 0.3) is 0 Å². The Labute approximate surface area is 161 Å². The summed E-state index contributed by atoms with van der Waals surface area (Å²) in [6.07, 6.45) is 1.11. The van der Waals surface area contributed by atoms with Gasteiger partial charge in [-0.25, -0.2) is 4.39 Å². The van der Waals surface area contributed by atoms with Crippen molar-refractivity contribution in [2.24, 2.45) is 0 Å². The summed E-state index contributed by atoms with van der Waals surface area (Å²) in [5.74, 6) is 0.333. The van der Waals surface area contributed by atoms with Crippen molar-refractivity contribution < 1.29 is 9.18 Å². The van der Waals surface area contributed by atoms with Crippen molar-refractivity contribution in [1.82, 2.24) is 4.90 Å². The Hall–Kier alpha value is -2.40. The van der Waals surface area contributed by atoms with Crippen LogP contribution >= 0.6 is 0 Å². The number of anilines is 2. The van der Waals surface area contributed by atoms with E-state index in [1.165, 1.54) is 17.7 Å². The third-order valence-corrected chi connectivity index (χ3v) is 5.31. The van der Waals surface area contributed by atoms with Gasteiger partial charge in [-0.3, -0.25) is 9.69 Å². The van der Waals surface area contributed by atoms with E-state index in [9.17, 15) is 9.18 Å². The van der Waals surface area contributed by atoms with Gasteiger partial charge in [0, 0.05) is 37.6 Å². The lowest BCUT2D eigenvalue weighted by atomic mass is 9.99. The van der Waals surface area contributed by atoms with Crippen LogP contribution in [-0.4, -0.2) is 43.5 Å². The minimum atomic E-state index is -0.216. The van der Waals surface area contributed by atoms with E-state index in [0.29, 0.717) is 12.5 Å². The predicted octanol–water partition coefficient (Wildman–Crippen LogP) is 4.10. The lowest BCUT2D eigenvalue weighted by Gasteiger charge is -2.35. The van der Waals surface area contributed by atoms with Gasteiger partial charge in [-0.2, -0.15) is 0 Å². The molecule has 1 heterocycles. The van der Waals surface area contributed by atoms with Gasteiger partial charge >= 0.3 is 0 Å². The molecule has 1 aliphatic rings. The van der Waals surface area contributed by atoms with Gasteiger partial charge in [0.1, 0.15) is 5.82 Å². The molecule has 1 N–H and O–H groups in total. The van der Waals surface area contributed by atoms with Crippen LogP contribution in [-0.2, 0) is 4.79 Å². The zero-order valence-corrected chi connectivity index (χ0v) is 16.1. The van der Waals surface area contributed by atoms with Crippen LogP contribution in [0.15, 0.2) is 48.5 Å². The second kappa shape index (κ2) is 9.00. The maximum absolute atomic E-state index is 13.0. The largest absolute Gasteiger partial charge is 0.369 e. The molecule has 2 aromatic rings. The maximum Gasteiger partial charge on any atom is 0.238 e. The van der Waals surface area contributed by atoms with Crippen LogP contribution in [0, 0.1) is 5.82 Å². The van der Waals surface area contributed by atoms with Gasteiger partial charge in [-0.1, -0.05) is 26.0 Å². The average molecular weight is 369 g/mol. The molecule has 5 heteroatoms. The first-order valence-corrected chi connectivity index (χ1v) is 9.68. The SMILES string of the molecule is CC[C@H](C)c1ccc(NC(=O)CN2CCN(c3ccc(F)cc3)CC2)cc1. The van der Waals surface area contributed by atoms with Crippen LogP contribution < -0.4 is 10.2 Å². The fourth-order valence-electron chi connectivity index (χ4n) is 3.35. The van der Waals surface area contributed by atoms with E-state index in [4.69, 9.17) is 0 Å². The minimum Gasteiger partial charge on any atom is -0.369 e. The van der Waals surface area contributed by atoms with E-state index >= 15 is 0 Å². The zero-order chi connectivity index (χ0) is 19.2. The van der Waals surface area contributed by atoms with Crippen LogP contribution in [0.1, 0.15) is 31.7 Å². The third kappa shape index (κ3) is 5.30. The topological polar surface area (TPSA) is 35.6 Å². The highest BCUT2D eigenvalue weighted by Crippen LogP contribution is 2.21. The van der Waals surface area contributed by atoms with Crippen LogP contribution in [0.4, 0.5) is 15.8 Å². The molecule has 1 amide bonds. The monoisotopic (exact) mass is 369 g/mol. The minimum absolute atomic E-state index is 0.0153. The highest BCUT2D eigenvalue weighted by atomic mass is 19.1. The Morgan fingerprint density at radius 2 is 1.67 bits per heavy atom. The second-order valence-electron chi connectivity index (χ2n) is 7.22. The van der Waals surface area contributed by atoms with Crippen molar-refractivity contribution >= 4 is 17.3 Å². The molecule has 1 atom stereocenters. The summed E-state index contributed by atoms with van der Waals surface area (Å²) in [4.78, 5) is 16.7. The molecule has 2 aromatic carbocycles. The van der Waals surface area contributed by atoms with Crippen molar-refractivity contribution in [1.29, 1.82) is 0 Å². The first-order valence-electron chi connectivity index (χ1n) is 9.68. The summed E-state index contributed by atoms with van der Waals surface area (Å²) >= 11 is 0. The number of carbonyl (C=O) groups is 1. The summed E-state index contributed by atoms with van der Waals surface area (Å²) in [5, 5.41) is 2.99. The normalized spacial score (nSPS) is 16.2. The van der Waals surface area contributed by atoms with E-state index in [0.717, 1.165) is 44.0 Å². The zero-order valence-electron chi connectivity index (χ0n) is 16.1. The number of hydrogen-bond donors (Lipinski definition) is 1. The average Bonchev–Trinajstić information content (AvgIpc) is 2.69. The standard InChI is InChI=1S/C22H28FN3O/c1-3-17(2)18-4-8-20(9-5-18)24-22(27)16-25-12-14-26(15-13-25)21-10-6-19(23)7-11-21/h4-11,17H,3,12-16H2,1-2H3,(H,24,27)/t17-/m0/s1. The third-order valence-electron chi connectivity index (χ3n) is 5.31. The quantitative estimate of drug-likeness (QED) is 0.833. The summed E-state index contributed by atoms with van der Waals surface area (Å²) in [5.41, 5.74) is 3.17. The van der Waals surface area contributed by atoms with Gasteiger partial charge < -0.3 is 10.2 Å². The lowest BCUT2D eigenvalue weighted by Crippen LogP contribution is -2.48. The molecular formula is C22H28FN3O. The molecule has 0 unspecified atom stereocenters. The number of nitrogens with one attached hydrogen (secondary N) is 1. The highest BCUT2D eigenvalue weighted by molar-refractivity contribution is 5.92. The van der Waals surface area contributed by atoms with Crippen LogP contribution in [0.5, 0.6) is 0 Å². The number of amides is 1. The van der Waals surface area contributed by atoms with Gasteiger partial charge in [0.25, 0.3) is 0 Å². The molecule has 27 heavy (non-hydrogen) atoms. The Morgan fingerprint density at radius 1 is 1.04 bits per heavy atom. The Morgan fingerprint density at radius 3 is 2.26 bits per heavy atom. The highest BCUT2D eigenvalue weighted by Gasteiger charge is 2.19. The summed E-state index contributed by atoms with van der Waals surface area (Å²) in [7, 11) is 0. The van der Waals surface area contributed by atoms with Gasteiger partial charge in [-0.15, -0.1) is 0 Å². The molecular weight excluding hydrogens is 341 g/mol. The predicted molar refractivity (Wildman–Crippen MR) is 109 cm³/mol. The molecule has 144 valence electrons. The van der Waals surface area contributed by atoms with Crippen molar-refractivity contribution in [3.05, 3.63) is 59.9 Å². The molecule has 0 radical (unpaired) electrons. The number of benzene rings is 2. The number of rotatable bonds is 6. The molecule has 1 saturated heterocycles. The summed E-state index contributed by atoms with van der Waals surface area (Å²) in [6.45, 7) is 8.08.